The number of ether oxygens (including phenoxy) is 1. The SMILES string of the molecule is CCOC(=O)c1nn(-c2ccc(C)cc2)c(C)c1C(=O)C1=NO[C@H]2C(=O)N(c3ccccc3C)C(=O)[C@H]12. The van der Waals surface area contributed by atoms with Gasteiger partial charge in [0, 0.05) is 0 Å². The fourth-order valence-electron chi connectivity index (χ4n) is 4.60. The minimum Gasteiger partial charge on any atom is -0.461 e. The molecule has 3 aromatic rings. The van der Waals surface area contributed by atoms with Crippen LogP contribution in [0.25, 0.3) is 5.69 Å². The van der Waals surface area contributed by atoms with E-state index in [-0.39, 0.29) is 23.6 Å². The molecule has 2 aliphatic heterocycles. The van der Waals surface area contributed by atoms with Gasteiger partial charge in [-0.3, -0.25) is 14.4 Å². The first kappa shape index (κ1) is 24.1. The normalized spacial score (nSPS) is 18.5. The number of rotatable bonds is 6. The Morgan fingerprint density at radius 2 is 1.70 bits per heavy atom. The highest BCUT2D eigenvalue weighted by atomic mass is 16.7. The Hall–Kier alpha value is -4.60. The number of imide groups is 1. The molecule has 5 rings (SSSR count). The van der Waals surface area contributed by atoms with E-state index < -0.39 is 35.6 Å². The summed E-state index contributed by atoms with van der Waals surface area (Å²) in [6, 6.07) is 14.3. The Kier molecular flexibility index (Phi) is 5.94. The predicted octanol–water partition coefficient (Wildman–Crippen LogP) is 3.10. The first-order chi connectivity index (χ1) is 17.7. The number of aromatic nitrogens is 2. The molecule has 3 heterocycles. The molecule has 0 unspecified atom stereocenters. The van der Waals surface area contributed by atoms with Gasteiger partial charge in [-0.15, -0.1) is 0 Å². The van der Waals surface area contributed by atoms with Crippen LogP contribution in [0.3, 0.4) is 0 Å². The Morgan fingerprint density at radius 3 is 2.38 bits per heavy atom. The van der Waals surface area contributed by atoms with Crippen LogP contribution in [0.5, 0.6) is 0 Å². The summed E-state index contributed by atoms with van der Waals surface area (Å²) in [7, 11) is 0. The molecule has 1 fully saturated rings. The molecule has 10 heteroatoms. The van der Waals surface area contributed by atoms with Gasteiger partial charge in [0.25, 0.3) is 5.91 Å². The number of carbonyl (C=O) groups excluding carboxylic acids is 4. The van der Waals surface area contributed by atoms with Gasteiger partial charge in [0.2, 0.25) is 17.8 Å². The summed E-state index contributed by atoms with van der Waals surface area (Å²) >= 11 is 0. The largest absolute Gasteiger partial charge is 0.461 e. The minimum atomic E-state index is -1.26. The minimum absolute atomic E-state index is 0.0587. The molecule has 0 N–H and O–H groups in total. The molecule has 0 bridgehead atoms. The van der Waals surface area contributed by atoms with E-state index in [0.717, 1.165) is 10.5 Å². The van der Waals surface area contributed by atoms with Crippen LogP contribution in [0.4, 0.5) is 5.69 Å². The zero-order chi connectivity index (χ0) is 26.4. The molecule has 188 valence electrons. The second-order valence-electron chi connectivity index (χ2n) is 8.88. The summed E-state index contributed by atoms with van der Waals surface area (Å²) in [6.45, 7) is 7.08. The molecule has 10 nitrogen and oxygen atoms in total. The number of benzene rings is 2. The van der Waals surface area contributed by atoms with E-state index in [1.54, 1.807) is 45.0 Å². The molecule has 1 saturated heterocycles. The summed E-state index contributed by atoms with van der Waals surface area (Å²) in [5, 5.41) is 8.22. The first-order valence-electron chi connectivity index (χ1n) is 11.8. The fraction of sp³-hybridized carbons (Fsp3) is 0.259. The number of hydrogen-bond donors (Lipinski definition) is 0. The van der Waals surface area contributed by atoms with Crippen molar-refractivity contribution < 1.29 is 28.8 Å². The monoisotopic (exact) mass is 500 g/mol. The highest BCUT2D eigenvalue weighted by molar-refractivity contribution is 6.53. The van der Waals surface area contributed by atoms with E-state index in [1.165, 1.54) is 4.68 Å². The second-order valence-corrected chi connectivity index (χ2v) is 8.88. The quantitative estimate of drug-likeness (QED) is 0.290. The summed E-state index contributed by atoms with van der Waals surface area (Å²) in [6.07, 6.45) is -1.26. The molecule has 0 aliphatic carbocycles. The summed E-state index contributed by atoms with van der Waals surface area (Å²) < 4.78 is 6.62. The van der Waals surface area contributed by atoms with Crippen molar-refractivity contribution in [1.82, 2.24) is 9.78 Å². The van der Waals surface area contributed by atoms with Crippen molar-refractivity contribution in [1.29, 1.82) is 0 Å². The van der Waals surface area contributed by atoms with Crippen molar-refractivity contribution in [3.63, 3.8) is 0 Å². The number of carbonyl (C=O) groups is 4. The molecule has 2 aromatic carbocycles. The molecule has 1 aromatic heterocycles. The van der Waals surface area contributed by atoms with Gasteiger partial charge in [-0.05, 0) is 51.5 Å². The van der Waals surface area contributed by atoms with Gasteiger partial charge in [-0.2, -0.15) is 5.10 Å². The molecule has 0 saturated carbocycles. The van der Waals surface area contributed by atoms with Crippen LogP contribution in [-0.2, 0) is 19.2 Å². The van der Waals surface area contributed by atoms with Gasteiger partial charge < -0.3 is 9.57 Å². The highest BCUT2D eigenvalue weighted by Gasteiger charge is 2.58. The predicted molar refractivity (Wildman–Crippen MR) is 133 cm³/mol. The lowest BCUT2D eigenvalue weighted by molar-refractivity contribution is -0.126. The van der Waals surface area contributed by atoms with Gasteiger partial charge in [0.1, 0.15) is 11.6 Å². The summed E-state index contributed by atoms with van der Waals surface area (Å²) in [5.74, 6) is -3.97. The van der Waals surface area contributed by atoms with Crippen LogP contribution >= 0.6 is 0 Å². The Morgan fingerprint density at radius 1 is 1.00 bits per heavy atom. The lowest BCUT2D eigenvalue weighted by Gasteiger charge is -2.17. The van der Waals surface area contributed by atoms with Crippen LogP contribution in [0.15, 0.2) is 53.7 Å². The summed E-state index contributed by atoms with van der Waals surface area (Å²) in [4.78, 5) is 59.5. The van der Waals surface area contributed by atoms with E-state index in [4.69, 9.17) is 9.57 Å². The Labute approximate surface area is 212 Å². The van der Waals surface area contributed by atoms with Gasteiger partial charge in [0.15, 0.2) is 5.69 Å². The number of Topliss-reactive ketones (excluding diaryl/α,β-unsaturated/α-hetero) is 1. The number of oxime groups is 1. The van der Waals surface area contributed by atoms with Gasteiger partial charge >= 0.3 is 5.97 Å². The molecule has 2 aliphatic rings. The topological polar surface area (TPSA) is 120 Å². The molecule has 0 spiro atoms. The van der Waals surface area contributed by atoms with E-state index in [1.807, 2.05) is 31.2 Å². The van der Waals surface area contributed by atoms with Crippen LogP contribution < -0.4 is 4.90 Å². The van der Waals surface area contributed by atoms with Crippen LogP contribution in [0.1, 0.15) is 44.6 Å². The molecular weight excluding hydrogens is 476 g/mol. The third-order valence-corrected chi connectivity index (χ3v) is 6.49. The number of para-hydroxylation sites is 1. The van der Waals surface area contributed by atoms with Gasteiger partial charge in [-0.25, -0.2) is 14.4 Å². The third-order valence-electron chi connectivity index (χ3n) is 6.49. The van der Waals surface area contributed by atoms with Crippen LogP contribution in [0.2, 0.25) is 0 Å². The number of fused-ring (bicyclic) bond motifs is 1. The van der Waals surface area contributed by atoms with Crippen LogP contribution in [0, 0.1) is 26.7 Å². The van der Waals surface area contributed by atoms with E-state index >= 15 is 0 Å². The van der Waals surface area contributed by atoms with Crippen molar-refractivity contribution in [2.75, 3.05) is 11.5 Å². The molecule has 0 radical (unpaired) electrons. The van der Waals surface area contributed by atoms with Gasteiger partial charge in [-0.1, -0.05) is 41.1 Å². The van der Waals surface area contributed by atoms with Crippen molar-refractivity contribution >= 4 is 35.0 Å². The maximum Gasteiger partial charge on any atom is 0.359 e. The maximum atomic E-state index is 13.8. The number of ketones is 1. The lowest BCUT2D eigenvalue weighted by Crippen LogP contribution is -2.35. The highest BCUT2D eigenvalue weighted by Crippen LogP contribution is 2.36. The maximum absolute atomic E-state index is 13.8. The number of hydrogen-bond acceptors (Lipinski definition) is 8. The fourth-order valence-corrected chi connectivity index (χ4v) is 4.60. The standard InChI is InChI=1S/C27H24N4O6/c1-5-36-27(35)22-19(16(4)31(28-22)17-12-10-14(2)11-13-17)23(32)21-20-24(37-29-21)26(34)30(25(20)33)18-9-7-6-8-15(18)3/h6-13,20,24H,5H2,1-4H3/t20-,24-/m1/s1. The smallest absolute Gasteiger partial charge is 0.359 e. The molecule has 2 atom stereocenters. The van der Waals surface area contributed by atoms with E-state index in [9.17, 15) is 19.2 Å². The first-order valence-corrected chi connectivity index (χ1v) is 11.8. The molecular formula is C27H24N4O6. The number of aryl methyl sites for hydroxylation is 2. The van der Waals surface area contributed by atoms with Gasteiger partial charge in [0.05, 0.1) is 29.2 Å². The molecule has 2 amide bonds. The van der Waals surface area contributed by atoms with E-state index in [2.05, 4.69) is 10.3 Å². The molecule has 37 heavy (non-hydrogen) atoms. The van der Waals surface area contributed by atoms with Crippen molar-refractivity contribution in [3.05, 3.63) is 76.6 Å². The van der Waals surface area contributed by atoms with Crippen LogP contribution in [-0.4, -0.2) is 51.8 Å². The third kappa shape index (κ3) is 3.81. The number of anilines is 1. The Balaban J connectivity index is 1.56. The van der Waals surface area contributed by atoms with Crippen molar-refractivity contribution in [2.24, 2.45) is 11.1 Å². The van der Waals surface area contributed by atoms with Crippen molar-refractivity contribution in [3.8, 4) is 5.69 Å². The zero-order valence-electron chi connectivity index (χ0n) is 20.7. The summed E-state index contributed by atoms with van der Waals surface area (Å²) in [5.41, 5.74) is 2.63. The second kappa shape index (κ2) is 9.12. The number of nitrogens with zero attached hydrogens (tertiary/aromatic N) is 4. The average Bonchev–Trinajstić information content (AvgIpc) is 3.53. The zero-order valence-corrected chi connectivity index (χ0v) is 20.7. The Bertz CT molecular complexity index is 1490. The average molecular weight is 501 g/mol. The van der Waals surface area contributed by atoms with Crippen molar-refractivity contribution in [2.45, 2.75) is 33.8 Å². The lowest BCUT2D eigenvalue weighted by atomic mass is 9.92. The number of esters is 1. The van der Waals surface area contributed by atoms with E-state index in [0.29, 0.717) is 22.6 Å². The number of amides is 2.